The van der Waals surface area contributed by atoms with Crippen LogP contribution in [-0.4, -0.2) is 72.6 Å². The molecule has 4 amide bonds. The SMILES string of the molecule is O=C(NCC1CCCO1)C1CN(C(=O)Nc2ccc(C(F)(F)F)cc2)CCN1C(=O)c1ccc(C(F)(F)F)cc1. The molecule has 2 saturated heterocycles. The summed E-state index contributed by atoms with van der Waals surface area (Å²) in [7, 11) is 0. The van der Waals surface area contributed by atoms with Gasteiger partial charge in [-0.25, -0.2) is 4.79 Å². The molecule has 0 spiro atoms. The standard InChI is InChI=1S/C26H26F6N4O4/c27-25(28,29)17-5-3-16(4-6-17)23(38)36-12-11-35(15-21(36)22(37)33-14-20-2-1-13-40-20)24(39)34-19-9-7-18(8-10-19)26(30,31)32/h3-10,20-21H,1-2,11-15H2,(H,33,37)(H,34,39). The molecule has 0 radical (unpaired) electrons. The Kier molecular flexibility index (Phi) is 8.57. The molecular formula is C26H26F6N4O4. The fraction of sp³-hybridized carbons (Fsp3) is 0.423. The van der Waals surface area contributed by atoms with Crippen LogP contribution in [0.1, 0.15) is 34.3 Å². The van der Waals surface area contributed by atoms with Gasteiger partial charge in [-0.15, -0.1) is 0 Å². The maximum absolute atomic E-state index is 13.2. The van der Waals surface area contributed by atoms with Crippen molar-refractivity contribution >= 4 is 23.5 Å². The highest BCUT2D eigenvalue weighted by Gasteiger charge is 2.38. The second-order valence-corrected chi connectivity index (χ2v) is 9.42. The third-order valence-electron chi connectivity index (χ3n) is 6.68. The lowest BCUT2D eigenvalue weighted by molar-refractivity contribution is -0.138. The second kappa shape index (κ2) is 11.7. The van der Waals surface area contributed by atoms with E-state index in [0.29, 0.717) is 6.61 Å². The minimum atomic E-state index is -4.58. The number of alkyl halides is 6. The molecule has 14 heteroatoms. The molecule has 0 aliphatic carbocycles. The smallest absolute Gasteiger partial charge is 0.376 e. The van der Waals surface area contributed by atoms with Gasteiger partial charge in [-0.3, -0.25) is 9.59 Å². The number of hydrogen-bond donors (Lipinski definition) is 2. The maximum Gasteiger partial charge on any atom is 0.416 e. The summed E-state index contributed by atoms with van der Waals surface area (Å²) >= 11 is 0. The predicted molar refractivity (Wildman–Crippen MR) is 130 cm³/mol. The van der Waals surface area contributed by atoms with Crippen LogP contribution in [0.3, 0.4) is 0 Å². The van der Waals surface area contributed by atoms with Gasteiger partial charge in [0, 0.05) is 37.5 Å². The Morgan fingerprint density at radius 1 is 0.875 bits per heavy atom. The molecule has 2 unspecified atom stereocenters. The van der Waals surface area contributed by atoms with E-state index >= 15 is 0 Å². The summed E-state index contributed by atoms with van der Waals surface area (Å²) in [5.41, 5.74) is -1.78. The molecule has 216 valence electrons. The Morgan fingerprint density at radius 2 is 1.48 bits per heavy atom. The summed E-state index contributed by atoms with van der Waals surface area (Å²) in [6.07, 6.45) is -7.76. The predicted octanol–water partition coefficient (Wildman–Crippen LogP) is 4.38. The molecule has 2 N–H and O–H groups in total. The Morgan fingerprint density at radius 3 is 2.02 bits per heavy atom. The molecule has 0 saturated carbocycles. The number of anilines is 1. The van der Waals surface area contributed by atoms with Gasteiger partial charge in [0.1, 0.15) is 6.04 Å². The number of amides is 4. The van der Waals surface area contributed by atoms with Gasteiger partial charge in [-0.1, -0.05) is 0 Å². The fourth-order valence-electron chi connectivity index (χ4n) is 4.49. The van der Waals surface area contributed by atoms with Crippen LogP contribution in [0.2, 0.25) is 0 Å². The number of nitrogens with one attached hydrogen (secondary N) is 2. The van der Waals surface area contributed by atoms with Crippen molar-refractivity contribution < 1.29 is 45.5 Å². The lowest BCUT2D eigenvalue weighted by Crippen LogP contribution is -2.62. The lowest BCUT2D eigenvalue weighted by atomic mass is 10.1. The van der Waals surface area contributed by atoms with E-state index in [2.05, 4.69) is 10.6 Å². The summed E-state index contributed by atoms with van der Waals surface area (Å²) < 4.78 is 82.8. The molecular weight excluding hydrogens is 546 g/mol. The van der Waals surface area contributed by atoms with Crippen molar-refractivity contribution in [3.8, 4) is 0 Å². The van der Waals surface area contributed by atoms with Gasteiger partial charge < -0.3 is 25.2 Å². The highest BCUT2D eigenvalue weighted by Crippen LogP contribution is 2.31. The molecule has 0 bridgehead atoms. The van der Waals surface area contributed by atoms with Crippen molar-refractivity contribution in [3.63, 3.8) is 0 Å². The molecule has 2 heterocycles. The molecule has 4 rings (SSSR count). The molecule has 0 aromatic heterocycles. The van der Waals surface area contributed by atoms with Crippen LogP contribution in [0.15, 0.2) is 48.5 Å². The summed E-state index contributed by atoms with van der Waals surface area (Å²) in [6, 6.07) is 5.54. The Bertz CT molecular complexity index is 1210. The average molecular weight is 573 g/mol. The Labute approximate surface area is 225 Å². The van der Waals surface area contributed by atoms with Crippen LogP contribution in [0, 0.1) is 0 Å². The number of carbonyl (C=O) groups is 3. The normalized spacial score (nSPS) is 19.9. The topological polar surface area (TPSA) is 91.0 Å². The third-order valence-corrected chi connectivity index (χ3v) is 6.68. The van der Waals surface area contributed by atoms with E-state index in [-0.39, 0.29) is 43.5 Å². The van der Waals surface area contributed by atoms with Crippen molar-refractivity contribution in [1.29, 1.82) is 0 Å². The minimum absolute atomic E-state index is 0.0334. The van der Waals surface area contributed by atoms with Crippen LogP contribution in [0.5, 0.6) is 0 Å². The van der Waals surface area contributed by atoms with E-state index in [4.69, 9.17) is 4.74 Å². The number of ether oxygens (including phenoxy) is 1. The quantitative estimate of drug-likeness (QED) is 0.521. The van der Waals surface area contributed by atoms with Gasteiger partial charge in [0.25, 0.3) is 5.91 Å². The number of carbonyl (C=O) groups excluding carboxylic acids is 3. The minimum Gasteiger partial charge on any atom is -0.376 e. The number of urea groups is 1. The number of piperazine rings is 1. The third kappa shape index (κ3) is 7.03. The van der Waals surface area contributed by atoms with E-state index in [9.17, 15) is 40.7 Å². The molecule has 2 fully saturated rings. The fourth-order valence-corrected chi connectivity index (χ4v) is 4.49. The number of rotatable bonds is 5. The van der Waals surface area contributed by atoms with E-state index in [0.717, 1.165) is 61.4 Å². The maximum atomic E-state index is 13.2. The first kappa shape index (κ1) is 29.2. The summed E-state index contributed by atoms with van der Waals surface area (Å²) in [5, 5.41) is 5.20. The number of benzene rings is 2. The molecule has 40 heavy (non-hydrogen) atoms. The zero-order chi connectivity index (χ0) is 29.1. The number of hydrogen-bond acceptors (Lipinski definition) is 4. The van der Waals surface area contributed by atoms with E-state index in [1.54, 1.807) is 0 Å². The van der Waals surface area contributed by atoms with Gasteiger partial charge in [-0.05, 0) is 61.4 Å². The monoisotopic (exact) mass is 572 g/mol. The van der Waals surface area contributed by atoms with E-state index in [1.807, 2.05) is 0 Å². The van der Waals surface area contributed by atoms with Crippen molar-refractivity contribution in [3.05, 3.63) is 65.2 Å². The largest absolute Gasteiger partial charge is 0.416 e. The Hall–Kier alpha value is -3.81. The van der Waals surface area contributed by atoms with E-state index in [1.165, 1.54) is 9.80 Å². The summed E-state index contributed by atoms with van der Waals surface area (Å²) in [4.78, 5) is 41.7. The van der Waals surface area contributed by atoms with Crippen LogP contribution in [0.25, 0.3) is 0 Å². The van der Waals surface area contributed by atoms with Gasteiger partial charge >= 0.3 is 18.4 Å². The highest BCUT2D eigenvalue weighted by atomic mass is 19.4. The zero-order valence-corrected chi connectivity index (χ0v) is 21.0. The van der Waals surface area contributed by atoms with Gasteiger partial charge in [0.2, 0.25) is 5.91 Å². The number of nitrogens with zero attached hydrogens (tertiary/aromatic N) is 2. The first-order valence-electron chi connectivity index (χ1n) is 12.4. The van der Waals surface area contributed by atoms with Crippen molar-refractivity contribution in [2.75, 3.05) is 38.1 Å². The highest BCUT2D eigenvalue weighted by molar-refractivity contribution is 5.98. The van der Waals surface area contributed by atoms with Crippen LogP contribution in [0.4, 0.5) is 36.8 Å². The molecule has 2 aliphatic heterocycles. The van der Waals surface area contributed by atoms with Crippen molar-refractivity contribution in [2.24, 2.45) is 0 Å². The van der Waals surface area contributed by atoms with Crippen molar-refractivity contribution in [2.45, 2.75) is 37.3 Å². The molecule has 2 aliphatic rings. The van der Waals surface area contributed by atoms with Crippen LogP contribution >= 0.6 is 0 Å². The molecule has 8 nitrogen and oxygen atoms in total. The van der Waals surface area contributed by atoms with Gasteiger partial charge in [0.05, 0.1) is 23.8 Å². The van der Waals surface area contributed by atoms with Gasteiger partial charge in [0.15, 0.2) is 0 Å². The van der Waals surface area contributed by atoms with Gasteiger partial charge in [-0.2, -0.15) is 26.3 Å². The lowest BCUT2D eigenvalue weighted by Gasteiger charge is -2.40. The van der Waals surface area contributed by atoms with Crippen LogP contribution in [-0.2, 0) is 21.9 Å². The Balaban J connectivity index is 1.48. The van der Waals surface area contributed by atoms with Crippen LogP contribution < -0.4 is 10.6 Å². The van der Waals surface area contributed by atoms with Crippen molar-refractivity contribution in [1.82, 2.24) is 15.1 Å². The molecule has 2 aromatic rings. The first-order chi connectivity index (χ1) is 18.8. The summed E-state index contributed by atoms with van der Waals surface area (Å²) in [5.74, 6) is -1.27. The average Bonchev–Trinajstić information content (AvgIpc) is 3.44. The van der Waals surface area contributed by atoms with E-state index < -0.39 is 47.4 Å². The second-order valence-electron chi connectivity index (χ2n) is 9.42. The zero-order valence-electron chi connectivity index (χ0n) is 21.0. The molecule has 2 aromatic carbocycles. The molecule has 2 atom stereocenters. The number of halogens is 6. The summed E-state index contributed by atoms with van der Waals surface area (Å²) in [6.45, 7) is 0.332. The first-order valence-corrected chi connectivity index (χ1v) is 12.4.